The van der Waals surface area contributed by atoms with Gasteiger partial charge in [-0.3, -0.25) is 0 Å². The van der Waals surface area contributed by atoms with E-state index in [-0.39, 0.29) is 11.6 Å². The molecule has 0 radical (unpaired) electrons. The predicted molar refractivity (Wildman–Crippen MR) is 137 cm³/mol. The summed E-state index contributed by atoms with van der Waals surface area (Å²) in [5.74, 6) is 1.25. The first-order valence-corrected chi connectivity index (χ1v) is 12.1. The number of nitrogens with one attached hydrogen (secondary N) is 1. The van der Waals surface area contributed by atoms with Gasteiger partial charge in [0, 0.05) is 30.0 Å². The van der Waals surface area contributed by atoms with E-state index in [1.807, 2.05) is 50.2 Å². The molecule has 4 aromatic rings. The van der Waals surface area contributed by atoms with Gasteiger partial charge in [0.05, 0.1) is 23.5 Å². The van der Waals surface area contributed by atoms with Gasteiger partial charge in [-0.25, -0.2) is 24.0 Å². The minimum absolute atomic E-state index is 0.158. The third kappa shape index (κ3) is 5.03. The zero-order valence-corrected chi connectivity index (χ0v) is 20.4. The zero-order valence-electron chi connectivity index (χ0n) is 20.4. The summed E-state index contributed by atoms with van der Waals surface area (Å²) < 4.78 is 16.7. The molecule has 182 valence electrons. The van der Waals surface area contributed by atoms with Gasteiger partial charge in [0.15, 0.2) is 5.82 Å². The molecule has 0 unspecified atom stereocenters. The van der Waals surface area contributed by atoms with Crippen LogP contribution in [0.1, 0.15) is 42.9 Å². The van der Waals surface area contributed by atoms with Crippen LogP contribution >= 0.6 is 0 Å². The lowest BCUT2D eigenvalue weighted by molar-refractivity contribution is 0.619. The molecule has 2 aromatic carbocycles. The van der Waals surface area contributed by atoms with Gasteiger partial charge in [0.1, 0.15) is 17.3 Å². The van der Waals surface area contributed by atoms with Crippen molar-refractivity contribution in [3.63, 3.8) is 0 Å². The number of rotatable bonds is 5. The number of hydrogen-bond donors (Lipinski definition) is 1. The first kappa shape index (κ1) is 23.4. The van der Waals surface area contributed by atoms with E-state index in [1.54, 1.807) is 10.7 Å². The van der Waals surface area contributed by atoms with E-state index in [4.69, 9.17) is 0 Å². The number of nitrogens with zero attached hydrogens (tertiary/aromatic N) is 7. The van der Waals surface area contributed by atoms with Gasteiger partial charge >= 0.3 is 0 Å². The van der Waals surface area contributed by atoms with Crippen LogP contribution in [0.15, 0.2) is 48.7 Å². The number of anilines is 3. The summed E-state index contributed by atoms with van der Waals surface area (Å²) in [6.07, 6.45) is 5.78. The molecule has 9 heteroatoms. The van der Waals surface area contributed by atoms with Gasteiger partial charge in [-0.15, -0.1) is 0 Å². The average molecular weight is 483 g/mol. The van der Waals surface area contributed by atoms with E-state index in [1.165, 1.54) is 12.8 Å². The highest BCUT2D eigenvalue weighted by Gasteiger charge is 2.16. The van der Waals surface area contributed by atoms with E-state index < -0.39 is 5.82 Å². The van der Waals surface area contributed by atoms with Gasteiger partial charge < -0.3 is 10.2 Å². The monoisotopic (exact) mass is 482 g/mol. The Labute approximate surface area is 209 Å². The number of aryl methyl sites for hydroxylation is 2. The molecule has 0 bridgehead atoms. The molecule has 0 amide bonds. The molecule has 1 saturated heterocycles. The lowest BCUT2D eigenvalue weighted by Crippen LogP contribution is -2.23. The van der Waals surface area contributed by atoms with Crippen molar-refractivity contribution >= 4 is 17.3 Å². The van der Waals surface area contributed by atoms with Gasteiger partial charge in [0.25, 0.3) is 0 Å². The molecule has 0 aliphatic carbocycles. The van der Waals surface area contributed by atoms with Gasteiger partial charge in [-0.1, -0.05) is 12.8 Å². The Morgan fingerprint density at radius 1 is 0.944 bits per heavy atom. The van der Waals surface area contributed by atoms with Crippen LogP contribution in [0.25, 0.3) is 16.9 Å². The Balaban J connectivity index is 1.42. The second-order valence-corrected chi connectivity index (χ2v) is 8.96. The number of aromatic nitrogens is 5. The van der Waals surface area contributed by atoms with Crippen LogP contribution in [-0.2, 0) is 0 Å². The van der Waals surface area contributed by atoms with Gasteiger partial charge in [-0.2, -0.15) is 10.4 Å². The fraction of sp³-hybridized carbons (Fsp3) is 0.296. The molecule has 2 aromatic heterocycles. The van der Waals surface area contributed by atoms with Crippen molar-refractivity contribution < 1.29 is 4.39 Å². The van der Waals surface area contributed by atoms with Crippen molar-refractivity contribution in [1.82, 2.24) is 24.7 Å². The molecule has 1 aliphatic heterocycles. The summed E-state index contributed by atoms with van der Waals surface area (Å²) in [5, 5.41) is 17.2. The molecule has 36 heavy (non-hydrogen) atoms. The molecule has 1 N–H and O–H groups in total. The van der Waals surface area contributed by atoms with E-state index in [2.05, 4.69) is 36.3 Å². The van der Waals surface area contributed by atoms with Crippen molar-refractivity contribution in [2.24, 2.45) is 0 Å². The van der Waals surface area contributed by atoms with E-state index >= 15 is 0 Å². The summed E-state index contributed by atoms with van der Waals surface area (Å²) in [5.41, 5.74) is 3.76. The number of halogens is 1. The fourth-order valence-corrected chi connectivity index (χ4v) is 4.53. The topological polar surface area (TPSA) is 95.5 Å². The molecule has 5 rings (SSSR count). The first-order chi connectivity index (χ1) is 17.5. The highest BCUT2D eigenvalue weighted by molar-refractivity contribution is 5.70. The average Bonchev–Trinajstić information content (AvgIpc) is 3.07. The Hall–Kier alpha value is -4.32. The third-order valence-corrected chi connectivity index (χ3v) is 6.28. The quantitative estimate of drug-likeness (QED) is 0.403. The molecular weight excluding hydrogens is 455 g/mol. The van der Waals surface area contributed by atoms with Crippen molar-refractivity contribution in [1.29, 1.82) is 5.26 Å². The molecule has 0 saturated carbocycles. The van der Waals surface area contributed by atoms with E-state index in [9.17, 15) is 9.65 Å². The fourth-order valence-electron chi connectivity index (χ4n) is 4.53. The van der Waals surface area contributed by atoms with Crippen LogP contribution in [0.2, 0.25) is 0 Å². The van der Waals surface area contributed by atoms with Crippen molar-refractivity contribution in [2.45, 2.75) is 39.5 Å². The third-order valence-electron chi connectivity index (χ3n) is 6.28. The van der Waals surface area contributed by atoms with E-state index in [0.717, 1.165) is 55.0 Å². The SMILES string of the molecule is Cc1nc(C)n(-c2ccc(Nc3ncc(F)c(-c4cc(C#N)cc(N5CCCCCC5)c4)n3)cc2)n1. The summed E-state index contributed by atoms with van der Waals surface area (Å²) >= 11 is 0. The zero-order chi connectivity index (χ0) is 25.1. The largest absolute Gasteiger partial charge is 0.371 e. The first-order valence-electron chi connectivity index (χ1n) is 12.1. The van der Waals surface area contributed by atoms with Crippen LogP contribution < -0.4 is 10.2 Å². The maximum Gasteiger partial charge on any atom is 0.227 e. The Kier molecular flexibility index (Phi) is 6.58. The van der Waals surface area contributed by atoms with Crippen LogP contribution in [0.3, 0.4) is 0 Å². The predicted octanol–water partition coefficient (Wildman–Crippen LogP) is 5.48. The Bertz CT molecular complexity index is 1410. The van der Waals surface area contributed by atoms with Crippen molar-refractivity contribution in [2.75, 3.05) is 23.3 Å². The lowest BCUT2D eigenvalue weighted by Gasteiger charge is -2.23. The van der Waals surface area contributed by atoms with Crippen molar-refractivity contribution in [3.05, 3.63) is 71.7 Å². The number of nitriles is 1. The normalized spacial score (nSPS) is 13.8. The summed E-state index contributed by atoms with van der Waals surface area (Å²) in [6, 6.07) is 15.3. The second-order valence-electron chi connectivity index (χ2n) is 8.96. The maximum absolute atomic E-state index is 14.9. The smallest absolute Gasteiger partial charge is 0.227 e. The molecule has 0 atom stereocenters. The Morgan fingerprint density at radius 3 is 2.36 bits per heavy atom. The van der Waals surface area contributed by atoms with Crippen LogP contribution in [0.5, 0.6) is 0 Å². The highest BCUT2D eigenvalue weighted by atomic mass is 19.1. The molecular formula is C27H27FN8. The molecule has 1 fully saturated rings. The lowest BCUT2D eigenvalue weighted by atomic mass is 10.1. The summed E-state index contributed by atoms with van der Waals surface area (Å²) in [6.45, 7) is 5.61. The highest BCUT2D eigenvalue weighted by Crippen LogP contribution is 2.30. The van der Waals surface area contributed by atoms with Crippen molar-refractivity contribution in [3.8, 4) is 23.0 Å². The minimum atomic E-state index is -0.537. The van der Waals surface area contributed by atoms with Crippen LogP contribution in [0, 0.1) is 31.0 Å². The van der Waals surface area contributed by atoms with Crippen LogP contribution in [-0.4, -0.2) is 37.8 Å². The Morgan fingerprint density at radius 2 is 1.69 bits per heavy atom. The molecule has 1 aliphatic rings. The summed E-state index contributed by atoms with van der Waals surface area (Å²) in [4.78, 5) is 15.2. The van der Waals surface area contributed by atoms with Gasteiger partial charge in [0.2, 0.25) is 5.95 Å². The minimum Gasteiger partial charge on any atom is -0.371 e. The second kappa shape index (κ2) is 10.1. The molecule has 0 spiro atoms. The van der Waals surface area contributed by atoms with Gasteiger partial charge in [-0.05, 0) is 69.2 Å². The molecule has 8 nitrogen and oxygen atoms in total. The van der Waals surface area contributed by atoms with Crippen LogP contribution in [0.4, 0.5) is 21.7 Å². The number of hydrogen-bond acceptors (Lipinski definition) is 7. The summed E-state index contributed by atoms with van der Waals surface area (Å²) in [7, 11) is 0. The standard InChI is InChI=1S/C27H27FN8/c1-18-31-19(2)36(34-18)23-9-7-22(8-10-23)32-27-30-17-25(28)26(33-27)21-13-20(16-29)14-24(15-21)35-11-5-3-4-6-12-35/h7-10,13-15,17H,3-6,11-12H2,1-2H3,(H,30,32,33). The molecule has 3 heterocycles. The van der Waals surface area contributed by atoms with E-state index in [0.29, 0.717) is 17.0 Å². The maximum atomic E-state index is 14.9. The number of benzene rings is 2.